The Bertz CT molecular complexity index is 661. The van der Waals surface area contributed by atoms with Gasteiger partial charge in [0, 0.05) is 5.41 Å². The lowest BCUT2D eigenvalue weighted by atomic mass is 9.99. The van der Waals surface area contributed by atoms with Crippen molar-refractivity contribution in [1.82, 2.24) is 0 Å². The summed E-state index contributed by atoms with van der Waals surface area (Å²) in [6, 6.07) is 16.1. The minimum absolute atomic E-state index is 0.196. The number of rotatable bonds is 4. The van der Waals surface area contributed by atoms with Crippen LogP contribution >= 0.6 is 11.6 Å². The molecule has 0 saturated heterocycles. The highest BCUT2D eigenvalue weighted by Crippen LogP contribution is 2.31. The van der Waals surface area contributed by atoms with E-state index in [1.807, 2.05) is 57.2 Å². The summed E-state index contributed by atoms with van der Waals surface area (Å²) < 4.78 is 5.38. The Kier molecular flexibility index (Phi) is 5.09. The standard InChI is InChI=1S/C18H21ClN2O/c1-18(2,3)17(19)21-20-15-12-14(10-11-16(15)22-4)13-8-6-5-7-9-13/h5-12,20H,1-4H3/b21-17+. The molecule has 0 aliphatic carbocycles. The molecule has 0 saturated carbocycles. The third kappa shape index (κ3) is 4.01. The first-order valence-electron chi connectivity index (χ1n) is 7.15. The number of methoxy groups -OCH3 is 1. The van der Waals surface area contributed by atoms with E-state index in [1.54, 1.807) is 7.11 Å². The molecule has 2 rings (SSSR count). The van der Waals surface area contributed by atoms with Crippen LogP contribution in [0.25, 0.3) is 11.1 Å². The van der Waals surface area contributed by atoms with Gasteiger partial charge in [0.1, 0.15) is 10.9 Å². The van der Waals surface area contributed by atoms with Gasteiger partial charge in [0.25, 0.3) is 0 Å². The van der Waals surface area contributed by atoms with Crippen molar-refractivity contribution in [3.63, 3.8) is 0 Å². The molecular formula is C18H21ClN2O. The van der Waals surface area contributed by atoms with Gasteiger partial charge in [-0.2, -0.15) is 5.10 Å². The van der Waals surface area contributed by atoms with Crippen LogP contribution in [0.4, 0.5) is 5.69 Å². The van der Waals surface area contributed by atoms with Gasteiger partial charge in [-0.25, -0.2) is 0 Å². The first kappa shape index (κ1) is 16.4. The Balaban J connectivity index is 2.34. The van der Waals surface area contributed by atoms with Gasteiger partial charge in [0.2, 0.25) is 0 Å². The van der Waals surface area contributed by atoms with Gasteiger partial charge in [-0.1, -0.05) is 68.8 Å². The van der Waals surface area contributed by atoms with Gasteiger partial charge in [0.15, 0.2) is 0 Å². The predicted octanol–water partition coefficient (Wildman–Crippen LogP) is 5.37. The van der Waals surface area contributed by atoms with Crippen LogP contribution in [-0.4, -0.2) is 12.3 Å². The molecule has 2 aromatic rings. The molecule has 22 heavy (non-hydrogen) atoms. The first-order chi connectivity index (χ1) is 10.4. The molecule has 1 N–H and O–H groups in total. The van der Waals surface area contributed by atoms with Crippen LogP contribution in [0.1, 0.15) is 20.8 Å². The molecular weight excluding hydrogens is 296 g/mol. The Labute approximate surface area is 137 Å². The molecule has 0 aliphatic rings. The number of hydrogen-bond acceptors (Lipinski definition) is 3. The molecule has 116 valence electrons. The van der Waals surface area contributed by atoms with Crippen LogP contribution in [0, 0.1) is 5.41 Å². The van der Waals surface area contributed by atoms with Crippen molar-refractivity contribution >= 4 is 22.5 Å². The average Bonchev–Trinajstić information content (AvgIpc) is 2.52. The molecule has 0 bridgehead atoms. The highest BCUT2D eigenvalue weighted by atomic mass is 35.5. The summed E-state index contributed by atoms with van der Waals surface area (Å²) in [6.07, 6.45) is 0. The van der Waals surface area contributed by atoms with Crippen LogP contribution in [0.3, 0.4) is 0 Å². The molecule has 0 aromatic heterocycles. The second-order valence-electron chi connectivity index (χ2n) is 6.05. The average molecular weight is 317 g/mol. The lowest BCUT2D eigenvalue weighted by Crippen LogP contribution is -2.15. The molecule has 4 heteroatoms. The minimum Gasteiger partial charge on any atom is -0.495 e. The van der Waals surface area contributed by atoms with E-state index in [0.717, 1.165) is 22.6 Å². The smallest absolute Gasteiger partial charge is 0.143 e. The van der Waals surface area contributed by atoms with Crippen molar-refractivity contribution in [2.45, 2.75) is 20.8 Å². The van der Waals surface area contributed by atoms with Crippen LogP contribution in [0.2, 0.25) is 0 Å². The Morgan fingerprint density at radius 1 is 1.05 bits per heavy atom. The molecule has 3 nitrogen and oxygen atoms in total. The SMILES string of the molecule is COc1ccc(-c2ccccc2)cc1N/N=C(/Cl)C(C)(C)C. The summed E-state index contributed by atoms with van der Waals surface area (Å²) in [6.45, 7) is 6.04. The van der Waals surface area contributed by atoms with Crippen molar-refractivity contribution in [3.05, 3.63) is 48.5 Å². The summed E-state index contributed by atoms with van der Waals surface area (Å²) in [4.78, 5) is 0. The van der Waals surface area contributed by atoms with Gasteiger partial charge < -0.3 is 4.74 Å². The molecule has 0 heterocycles. The number of halogens is 1. The van der Waals surface area contributed by atoms with E-state index in [4.69, 9.17) is 16.3 Å². The molecule has 0 radical (unpaired) electrons. The first-order valence-corrected chi connectivity index (χ1v) is 7.53. The van der Waals surface area contributed by atoms with Gasteiger partial charge in [-0.15, -0.1) is 0 Å². The summed E-state index contributed by atoms with van der Waals surface area (Å²) >= 11 is 6.21. The van der Waals surface area contributed by atoms with Crippen LogP contribution in [0.15, 0.2) is 53.6 Å². The quantitative estimate of drug-likeness (QED) is 0.607. The van der Waals surface area contributed by atoms with Gasteiger partial charge in [-0.3, -0.25) is 5.43 Å². The second kappa shape index (κ2) is 6.84. The van der Waals surface area contributed by atoms with Gasteiger partial charge >= 0.3 is 0 Å². The van der Waals surface area contributed by atoms with Crippen molar-refractivity contribution in [1.29, 1.82) is 0 Å². The third-order valence-electron chi connectivity index (χ3n) is 3.20. The fraction of sp³-hybridized carbons (Fsp3) is 0.278. The highest BCUT2D eigenvalue weighted by Gasteiger charge is 2.17. The highest BCUT2D eigenvalue weighted by molar-refractivity contribution is 6.66. The fourth-order valence-corrected chi connectivity index (χ4v) is 1.92. The van der Waals surface area contributed by atoms with Crippen LogP contribution < -0.4 is 10.2 Å². The zero-order valence-electron chi connectivity index (χ0n) is 13.4. The Hall–Kier alpha value is -2.00. The van der Waals surface area contributed by atoms with Crippen molar-refractivity contribution in [2.75, 3.05) is 12.5 Å². The van der Waals surface area contributed by atoms with Gasteiger partial charge in [0.05, 0.1) is 12.8 Å². The number of hydrazone groups is 1. The number of anilines is 1. The second-order valence-corrected chi connectivity index (χ2v) is 6.40. The maximum atomic E-state index is 6.21. The number of ether oxygens (including phenoxy) is 1. The fourth-order valence-electron chi connectivity index (χ4n) is 1.88. The van der Waals surface area contributed by atoms with E-state index in [2.05, 4.69) is 22.7 Å². The Morgan fingerprint density at radius 3 is 2.32 bits per heavy atom. The summed E-state index contributed by atoms with van der Waals surface area (Å²) in [7, 11) is 1.64. The number of nitrogens with one attached hydrogen (secondary N) is 1. The van der Waals surface area contributed by atoms with Crippen LogP contribution in [0.5, 0.6) is 5.75 Å². The molecule has 2 aromatic carbocycles. The summed E-state index contributed by atoms with van der Waals surface area (Å²) in [5, 5.41) is 4.77. The molecule has 0 atom stereocenters. The minimum atomic E-state index is -0.196. The predicted molar refractivity (Wildman–Crippen MR) is 94.8 cm³/mol. The maximum Gasteiger partial charge on any atom is 0.143 e. The topological polar surface area (TPSA) is 33.6 Å². The maximum absolute atomic E-state index is 6.21. The van der Waals surface area contributed by atoms with Crippen molar-refractivity contribution in [2.24, 2.45) is 10.5 Å². The van der Waals surface area contributed by atoms with Gasteiger partial charge in [-0.05, 0) is 23.3 Å². The Morgan fingerprint density at radius 2 is 1.73 bits per heavy atom. The molecule has 0 fully saturated rings. The zero-order valence-corrected chi connectivity index (χ0v) is 14.1. The van der Waals surface area contributed by atoms with E-state index >= 15 is 0 Å². The zero-order chi connectivity index (χ0) is 16.2. The largest absolute Gasteiger partial charge is 0.495 e. The van der Waals surface area contributed by atoms with E-state index < -0.39 is 0 Å². The lowest BCUT2D eigenvalue weighted by Gasteiger charge is -2.16. The monoisotopic (exact) mass is 316 g/mol. The normalized spacial score (nSPS) is 12.1. The van der Waals surface area contributed by atoms with Crippen LogP contribution in [-0.2, 0) is 0 Å². The number of hydrogen-bond donors (Lipinski definition) is 1. The molecule has 0 unspecified atom stereocenters. The molecule has 0 amide bonds. The summed E-state index contributed by atoms with van der Waals surface area (Å²) in [5.74, 6) is 0.724. The van der Waals surface area contributed by atoms with Crippen molar-refractivity contribution < 1.29 is 4.74 Å². The van der Waals surface area contributed by atoms with E-state index in [0.29, 0.717) is 5.17 Å². The van der Waals surface area contributed by atoms with E-state index in [-0.39, 0.29) is 5.41 Å². The third-order valence-corrected chi connectivity index (χ3v) is 3.85. The molecule has 0 spiro atoms. The van der Waals surface area contributed by atoms with Crippen molar-refractivity contribution in [3.8, 4) is 16.9 Å². The number of benzene rings is 2. The number of nitrogens with zero attached hydrogens (tertiary/aromatic N) is 1. The molecule has 0 aliphatic heterocycles. The van der Waals surface area contributed by atoms with E-state index in [9.17, 15) is 0 Å². The van der Waals surface area contributed by atoms with E-state index in [1.165, 1.54) is 0 Å². The summed E-state index contributed by atoms with van der Waals surface area (Å²) in [5.41, 5.74) is 5.83. The lowest BCUT2D eigenvalue weighted by molar-refractivity contribution is 0.416.